The maximum atomic E-state index is 13.9. The second-order valence-corrected chi connectivity index (χ2v) is 11.8. The van der Waals surface area contributed by atoms with Gasteiger partial charge in [0, 0.05) is 42.4 Å². The quantitative estimate of drug-likeness (QED) is 0.435. The Labute approximate surface area is 232 Å². The number of pyridine rings is 1. The lowest BCUT2D eigenvalue weighted by Gasteiger charge is -2.34. The fraction of sp³-hybridized carbons (Fsp3) is 0.464. The summed E-state index contributed by atoms with van der Waals surface area (Å²) in [5, 5.41) is 22.4. The number of hydrogen-bond donors (Lipinski definition) is 2. The number of nitrogens with one attached hydrogen (secondary N) is 1. The van der Waals surface area contributed by atoms with E-state index in [0.717, 1.165) is 18.5 Å². The summed E-state index contributed by atoms with van der Waals surface area (Å²) in [5.41, 5.74) is 0.983. The highest BCUT2D eigenvalue weighted by Gasteiger charge is 2.45. The number of rotatable bonds is 8. The molecule has 0 spiro atoms. The monoisotopic (exact) mass is 552 g/mol. The van der Waals surface area contributed by atoms with Gasteiger partial charge in [-0.2, -0.15) is 0 Å². The molecular formula is C28H33ClN6O4. The van der Waals surface area contributed by atoms with Crippen molar-refractivity contribution in [2.75, 3.05) is 6.54 Å². The van der Waals surface area contributed by atoms with Crippen molar-refractivity contribution in [1.82, 2.24) is 30.2 Å². The second kappa shape index (κ2) is 10.9. The number of nitrogens with zero attached hydrogens (tertiary/aromatic N) is 5. The van der Waals surface area contributed by atoms with Gasteiger partial charge >= 0.3 is 0 Å². The number of aliphatic hydroxyl groups is 1. The first-order chi connectivity index (χ1) is 18.6. The van der Waals surface area contributed by atoms with Crippen LogP contribution in [0, 0.1) is 5.41 Å². The first kappa shape index (κ1) is 27.1. The Hall–Kier alpha value is -3.50. The van der Waals surface area contributed by atoms with Gasteiger partial charge in [-0.15, -0.1) is 5.10 Å². The molecule has 5 rings (SSSR count). The number of aliphatic hydroxyl groups excluding tert-OH is 1. The van der Waals surface area contributed by atoms with E-state index in [1.54, 1.807) is 47.3 Å². The van der Waals surface area contributed by atoms with Crippen molar-refractivity contribution < 1.29 is 19.4 Å². The fourth-order valence-corrected chi connectivity index (χ4v) is 5.08. The third kappa shape index (κ3) is 6.39. The SMILES string of the molecule is CC(C)(C)[C@@H](C(=O)N1C[C@H](O)C[C@H]1C(=O)NCc1cc(Oc2cccc(Cl)c2)ccn1)n1cc(C2CC2)nn1. The zero-order chi connectivity index (χ0) is 27.7. The van der Waals surface area contributed by atoms with Gasteiger partial charge in [-0.25, -0.2) is 4.68 Å². The molecule has 3 heterocycles. The standard InChI is InChI=1S/C28H33ClN6O4/c1-28(2,3)25(35-16-23(32-33-35)17-7-8-17)27(38)34-15-20(36)13-24(34)26(37)31-14-19-12-22(9-10-30-19)39-21-6-4-5-18(29)11-21/h4-6,9-12,16-17,20,24-25,36H,7-8,13-15H2,1-3H3,(H,31,37)/t20-,24+,25-/m1/s1. The number of ether oxygens (including phenoxy) is 1. The Bertz CT molecular complexity index is 1350. The summed E-state index contributed by atoms with van der Waals surface area (Å²) in [6.45, 7) is 6.09. The molecule has 1 aliphatic heterocycles. The van der Waals surface area contributed by atoms with E-state index in [2.05, 4.69) is 20.6 Å². The summed E-state index contributed by atoms with van der Waals surface area (Å²) >= 11 is 6.03. The largest absolute Gasteiger partial charge is 0.457 e. The highest BCUT2D eigenvalue weighted by Crippen LogP contribution is 2.40. The van der Waals surface area contributed by atoms with Crippen LogP contribution in [0.3, 0.4) is 0 Å². The Kier molecular flexibility index (Phi) is 7.59. The van der Waals surface area contributed by atoms with Crippen molar-refractivity contribution >= 4 is 23.4 Å². The summed E-state index contributed by atoms with van der Waals surface area (Å²) in [5.74, 6) is 0.928. The lowest BCUT2D eigenvalue weighted by atomic mass is 9.85. The fourth-order valence-electron chi connectivity index (χ4n) is 4.90. The van der Waals surface area contributed by atoms with Gasteiger partial charge in [-0.05, 0) is 42.5 Å². The molecule has 2 aliphatic rings. The van der Waals surface area contributed by atoms with Crippen molar-refractivity contribution in [3.63, 3.8) is 0 Å². The molecule has 1 aromatic carbocycles. The zero-order valence-electron chi connectivity index (χ0n) is 22.2. The molecule has 10 nitrogen and oxygen atoms in total. The van der Waals surface area contributed by atoms with E-state index in [9.17, 15) is 14.7 Å². The Morgan fingerprint density at radius 1 is 1.21 bits per heavy atom. The van der Waals surface area contributed by atoms with Gasteiger partial charge in [0.2, 0.25) is 11.8 Å². The molecule has 0 bridgehead atoms. The smallest absolute Gasteiger partial charge is 0.248 e. The molecule has 3 aromatic rings. The number of carbonyl (C=O) groups is 2. The van der Waals surface area contributed by atoms with E-state index in [0.29, 0.717) is 28.1 Å². The van der Waals surface area contributed by atoms with Crippen molar-refractivity contribution in [2.24, 2.45) is 5.41 Å². The lowest BCUT2D eigenvalue weighted by Crippen LogP contribution is -2.50. The zero-order valence-corrected chi connectivity index (χ0v) is 23.0. The van der Waals surface area contributed by atoms with Crippen LogP contribution in [0.1, 0.15) is 63.4 Å². The van der Waals surface area contributed by atoms with Crippen LogP contribution in [0.4, 0.5) is 0 Å². The Balaban J connectivity index is 1.27. The van der Waals surface area contributed by atoms with Crippen LogP contribution < -0.4 is 10.1 Å². The van der Waals surface area contributed by atoms with Crippen LogP contribution in [-0.4, -0.2) is 60.5 Å². The van der Waals surface area contributed by atoms with Crippen molar-refractivity contribution in [1.29, 1.82) is 0 Å². The highest BCUT2D eigenvalue weighted by atomic mass is 35.5. The predicted molar refractivity (Wildman–Crippen MR) is 144 cm³/mol. The van der Waals surface area contributed by atoms with E-state index in [1.165, 1.54) is 4.90 Å². The van der Waals surface area contributed by atoms with E-state index in [1.807, 2.05) is 27.0 Å². The molecule has 0 radical (unpaired) electrons. The normalized spacial score (nSPS) is 20.1. The number of benzene rings is 1. The van der Waals surface area contributed by atoms with E-state index < -0.39 is 23.6 Å². The minimum absolute atomic E-state index is 0.0783. The van der Waals surface area contributed by atoms with Gasteiger partial charge < -0.3 is 20.1 Å². The number of halogens is 1. The highest BCUT2D eigenvalue weighted by molar-refractivity contribution is 6.30. The Morgan fingerprint density at radius 3 is 2.69 bits per heavy atom. The third-order valence-electron chi connectivity index (χ3n) is 6.97. The van der Waals surface area contributed by atoms with Crippen LogP contribution in [0.2, 0.25) is 5.02 Å². The van der Waals surface area contributed by atoms with E-state index in [-0.39, 0.29) is 31.3 Å². The summed E-state index contributed by atoms with van der Waals surface area (Å²) in [6.07, 6.45) is 4.96. The molecule has 3 atom stereocenters. The van der Waals surface area contributed by atoms with Gasteiger partial charge in [0.25, 0.3) is 0 Å². The summed E-state index contributed by atoms with van der Waals surface area (Å²) in [7, 11) is 0. The molecule has 1 aliphatic carbocycles. The molecule has 206 valence electrons. The van der Waals surface area contributed by atoms with E-state index >= 15 is 0 Å². The molecule has 1 saturated heterocycles. The van der Waals surface area contributed by atoms with Gasteiger partial charge in [0.1, 0.15) is 23.6 Å². The minimum Gasteiger partial charge on any atom is -0.457 e. The average Bonchev–Trinajstić information content (AvgIpc) is 3.48. The van der Waals surface area contributed by atoms with Crippen molar-refractivity contribution in [3.05, 3.63) is 65.2 Å². The Morgan fingerprint density at radius 2 is 1.97 bits per heavy atom. The molecule has 11 heteroatoms. The molecule has 39 heavy (non-hydrogen) atoms. The van der Waals surface area contributed by atoms with Crippen LogP contribution in [0.25, 0.3) is 0 Å². The first-order valence-corrected chi connectivity index (χ1v) is 13.5. The summed E-state index contributed by atoms with van der Waals surface area (Å²) < 4.78 is 7.47. The van der Waals surface area contributed by atoms with Gasteiger partial charge in [-0.3, -0.25) is 14.6 Å². The first-order valence-electron chi connectivity index (χ1n) is 13.1. The van der Waals surface area contributed by atoms with Crippen LogP contribution in [0.5, 0.6) is 11.5 Å². The number of carbonyl (C=O) groups excluding carboxylic acids is 2. The molecule has 2 aromatic heterocycles. The van der Waals surface area contributed by atoms with Gasteiger partial charge in [0.15, 0.2) is 0 Å². The van der Waals surface area contributed by atoms with Crippen LogP contribution in [-0.2, 0) is 16.1 Å². The average molecular weight is 553 g/mol. The van der Waals surface area contributed by atoms with E-state index in [4.69, 9.17) is 16.3 Å². The topological polar surface area (TPSA) is 122 Å². The molecular weight excluding hydrogens is 520 g/mol. The van der Waals surface area contributed by atoms with Gasteiger partial charge in [0.05, 0.1) is 24.0 Å². The number of likely N-dealkylation sites (tertiary alicyclic amines) is 1. The molecule has 2 amide bonds. The lowest BCUT2D eigenvalue weighted by molar-refractivity contribution is -0.144. The van der Waals surface area contributed by atoms with Gasteiger partial charge in [-0.1, -0.05) is 43.7 Å². The maximum Gasteiger partial charge on any atom is 0.248 e. The molecule has 2 N–H and O–H groups in total. The predicted octanol–water partition coefficient (Wildman–Crippen LogP) is 3.86. The minimum atomic E-state index is -0.810. The van der Waals surface area contributed by atoms with Crippen molar-refractivity contribution in [2.45, 2.75) is 70.7 Å². The summed E-state index contributed by atoms with van der Waals surface area (Å²) in [6, 6.07) is 9.02. The second-order valence-electron chi connectivity index (χ2n) is 11.3. The third-order valence-corrected chi connectivity index (χ3v) is 7.21. The van der Waals surface area contributed by atoms with Crippen LogP contribution >= 0.6 is 11.6 Å². The van der Waals surface area contributed by atoms with Crippen LogP contribution in [0.15, 0.2) is 48.8 Å². The number of β-amino-alcohol motifs (C(OH)–C–C–N with tert-alkyl or cyclic N) is 1. The molecule has 0 unspecified atom stereocenters. The maximum absolute atomic E-state index is 13.9. The molecule has 2 fully saturated rings. The number of hydrogen-bond acceptors (Lipinski definition) is 7. The molecule has 1 saturated carbocycles. The number of aromatic nitrogens is 4. The number of amides is 2. The van der Waals surface area contributed by atoms with Crippen molar-refractivity contribution in [3.8, 4) is 11.5 Å². The summed E-state index contributed by atoms with van der Waals surface area (Å²) in [4.78, 5) is 32.9.